The van der Waals surface area contributed by atoms with Gasteiger partial charge in [0.25, 0.3) is 0 Å². The highest BCUT2D eigenvalue weighted by Gasteiger charge is 2.10. The molecule has 0 fully saturated rings. The molecule has 2 N–H and O–H groups in total. The first-order valence-electron chi connectivity index (χ1n) is 5.16. The van der Waals surface area contributed by atoms with Crippen LogP contribution in [0.15, 0.2) is 0 Å². The monoisotopic (exact) mass is 196 g/mol. The number of H-pyrrole nitrogens is 1. The van der Waals surface area contributed by atoms with Gasteiger partial charge in [0.2, 0.25) is 0 Å². The van der Waals surface area contributed by atoms with E-state index >= 15 is 0 Å². The van der Waals surface area contributed by atoms with Crippen LogP contribution in [0.1, 0.15) is 45.8 Å². The minimum Gasteiger partial charge on any atom is -0.305 e. The van der Waals surface area contributed by atoms with E-state index in [0.29, 0.717) is 0 Å². The van der Waals surface area contributed by atoms with Gasteiger partial charge in [-0.25, -0.2) is 4.98 Å². The van der Waals surface area contributed by atoms with E-state index in [4.69, 9.17) is 0 Å². The van der Waals surface area contributed by atoms with Crippen molar-refractivity contribution < 1.29 is 0 Å². The predicted molar refractivity (Wildman–Crippen MR) is 57.0 cm³/mol. The molecule has 0 aliphatic heterocycles. The van der Waals surface area contributed by atoms with Crippen molar-refractivity contribution in [2.45, 2.75) is 52.6 Å². The van der Waals surface area contributed by atoms with Crippen LogP contribution in [0.3, 0.4) is 0 Å². The average molecular weight is 196 g/mol. The SMILES string of the molecule is CCCc1n[nH]c(CNC(C)(C)C)n1. The van der Waals surface area contributed by atoms with E-state index in [1.807, 2.05) is 0 Å². The third kappa shape index (κ3) is 3.87. The highest BCUT2D eigenvalue weighted by molar-refractivity contribution is 4.91. The third-order valence-corrected chi connectivity index (χ3v) is 1.84. The Hall–Kier alpha value is -0.900. The van der Waals surface area contributed by atoms with Gasteiger partial charge < -0.3 is 5.32 Å². The Morgan fingerprint density at radius 2 is 2.07 bits per heavy atom. The fraction of sp³-hybridized carbons (Fsp3) is 0.800. The van der Waals surface area contributed by atoms with E-state index in [-0.39, 0.29) is 5.54 Å². The largest absolute Gasteiger partial charge is 0.305 e. The van der Waals surface area contributed by atoms with Crippen LogP contribution in [0.4, 0.5) is 0 Å². The summed E-state index contributed by atoms with van der Waals surface area (Å²) in [6, 6.07) is 0. The second-order valence-corrected chi connectivity index (χ2v) is 4.55. The summed E-state index contributed by atoms with van der Waals surface area (Å²) in [7, 11) is 0. The highest BCUT2D eigenvalue weighted by atomic mass is 15.2. The van der Waals surface area contributed by atoms with Crippen LogP contribution in [0.2, 0.25) is 0 Å². The number of hydrogen-bond acceptors (Lipinski definition) is 3. The molecule has 0 aliphatic carbocycles. The van der Waals surface area contributed by atoms with E-state index in [9.17, 15) is 0 Å². The molecule has 0 amide bonds. The number of rotatable bonds is 4. The third-order valence-electron chi connectivity index (χ3n) is 1.84. The van der Waals surface area contributed by atoms with Gasteiger partial charge in [-0.15, -0.1) is 0 Å². The van der Waals surface area contributed by atoms with Crippen LogP contribution in [-0.2, 0) is 13.0 Å². The molecule has 4 nitrogen and oxygen atoms in total. The molecule has 1 rings (SSSR count). The second kappa shape index (κ2) is 4.55. The van der Waals surface area contributed by atoms with Gasteiger partial charge in [0.15, 0.2) is 5.82 Å². The summed E-state index contributed by atoms with van der Waals surface area (Å²) < 4.78 is 0. The molecule has 0 saturated heterocycles. The molecule has 0 spiro atoms. The van der Waals surface area contributed by atoms with Crippen molar-refractivity contribution in [2.75, 3.05) is 0 Å². The fourth-order valence-electron chi connectivity index (χ4n) is 1.10. The van der Waals surface area contributed by atoms with Gasteiger partial charge >= 0.3 is 0 Å². The zero-order chi connectivity index (χ0) is 10.6. The molecule has 1 heterocycles. The van der Waals surface area contributed by atoms with Crippen molar-refractivity contribution in [3.05, 3.63) is 11.6 Å². The molecule has 80 valence electrons. The number of aromatic amines is 1. The maximum atomic E-state index is 4.37. The lowest BCUT2D eigenvalue weighted by molar-refractivity contribution is 0.418. The summed E-state index contributed by atoms with van der Waals surface area (Å²) in [5.74, 6) is 1.83. The van der Waals surface area contributed by atoms with Crippen molar-refractivity contribution in [3.63, 3.8) is 0 Å². The van der Waals surface area contributed by atoms with Crippen molar-refractivity contribution in [3.8, 4) is 0 Å². The number of hydrogen-bond donors (Lipinski definition) is 2. The lowest BCUT2D eigenvalue weighted by atomic mass is 10.1. The maximum absolute atomic E-state index is 4.37. The Labute approximate surface area is 85.5 Å². The fourth-order valence-corrected chi connectivity index (χ4v) is 1.10. The number of nitrogens with zero attached hydrogens (tertiary/aromatic N) is 2. The van der Waals surface area contributed by atoms with Gasteiger partial charge in [0.05, 0.1) is 6.54 Å². The molecule has 0 unspecified atom stereocenters. The Bertz CT molecular complexity index is 272. The van der Waals surface area contributed by atoms with Crippen LogP contribution >= 0.6 is 0 Å². The van der Waals surface area contributed by atoms with Crippen LogP contribution in [0.25, 0.3) is 0 Å². The molecule has 0 aromatic carbocycles. The first-order chi connectivity index (χ1) is 6.51. The standard InChI is InChI=1S/C10H20N4/c1-5-6-8-12-9(14-13-8)7-11-10(2,3)4/h11H,5-7H2,1-4H3,(H,12,13,14). The summed E-state index contributed by atoms with van der Waals surface area (Å²) in [6.45, 7) is 9.28. The predicted octanol–water partition coefficient (Wildman–Crippen LogP) is 1.65. The van der Waals surface area contributed by atoms with Crippen molar-refractivity contribution in [2.24, 2.45) is 0 Å². The molecule has 0 bridgehead atoms. The van der Waals surface area contributed by atoms with Crippen molar-refractivity contribution >= 4 is 0 Å². The smallest absolute Gasteiger partial charge is 0.150 e. The van der Waals surface area contributed by atoms with Crippen LogP contribution in [0, 0.1) is 0 Å². The quantitative estimate of drug-likeness (QED) is 0.769. The van der Waals surface area contributed by atoms with Crippen molar-refractivity contribution in [1.29, 1.82) is 0 Å². The van der Waals surface area contributed by atoms with Crippen LogP contribution < -0.4 is 5.32 Å². The van der Waals surface area contributed by atoms with Gasteiger partial charge in [-0.05, 0) is 27.2 Å². The van der Waals surface area contributed by atoms with E-state index < -0.39 is 0 Å². The normalized spacial score (nSPS) is 12.0. The maximum Gasteiger partial charge on any atom is 0.150 e. The Balaban J connectivity index is 2.44. The van der Waals surface area contributed by atoms with Crippen LogP contribution in [-0.4, -0.2) is 20.7 Å². The summed E-state index contributed by atoms with van der Waals surface area (Å²) >= 11 is 0. The van der Waals surface area contributed by atoms with Crippen LogP contribution in [0.5, 0.6) is 0 Å². The zero-order valence-corrected chi connectivity index (χ0v) is 9.52. The minimum atomic E-state index is 0.123. The lowest BCUT2D eigenvalue weighted by Gasteiger charge is -2.19. The van der Waals surface area contributed by atoms with Gasteiger partial charge in [-0.3, -0.25) is 5.10 Å². The van der Waals surface area contributed by atoms with Gasteiger partial charge in [0.1, 0.15) is 5.82 Å². The molecule has 1 aromatic heterocycles. The highest BCUT2D eigenvalue weighted by Crippen LogP contribution is 2.01. The topological polar surface area (TPSA) is 53.6 Å². The van der Waals surface area contributed by atoms with Crippen molar-refractivity contribution in [1.82, 2.24) is 20.5 Å². The molecular weight excluding hydrogens is 176 g/mol. The summed E-state index contributed by atoms with van der Waals surface area (Å²) in [5.41, 5.74) is 0.123. The number of nitrogens with one attached hydrogen (secondary N) is 2. The Kier molecular flexibility index (Phi) is 3.63. The van der Waals surface area contributed by atoms with Gasteiger partial charge in [-0.2, -0.15) is 5.10 Å². The summed E-state index contributed by atoms with van der Waals surface area (Å²) in [6.07, 6.45) is 2.04. The number of aromatic nitrogens is 3. The van der Waals surface area contributed by atoms with E-state index in [1.54, 1.807) is 0 Å². The number of aryl methyl sites for hydroxylation is 1. The Morgan fingerprint density at radius 1 is 1.36 bits per heavy atom. The molecule has 0 radical (unpaired) electrons. The summed E-state index contributed by atoms with van der Waals surface area (Å²) in [5, 5.41) is 10.4. The van der Waals surface area contributed by atoms with E-state index in [1.165, 1.54) is 0 Å². The molecule has 0 aliphatic rings. The molecule has 0 atom stereocenters. The molecule has 4 heteroatoms. The van der Waals surface area contributed by atoms with Gasteiger partial charge in [0, 0.05) is 12.0 Å². The molecule has 14 heavy (non-hydrogen) atoms. The minimum absolute atomic E-state index is 0.123. The average Bonchev–Trinajstić information content (AvgIpc) is 2.49. The van der Waals surface area contributed by atoms with E-state index in [0.717, 1.165) is 31.0 Å². The van der Waals surface area contributed by atoms with E-state index in [2.05, 4.69) is 48.2 Å². The second-order valence-electron chi connectivity index (χ2n) is 4.55. The lowest BCUT2D eigenvalue weighted by Crippen LogP contribution is -2.35. The molecule has 0 saturated carbocycles. The summed E-state index contributed by atoms with van der Waals surface area (Å²) in [4.78, 5) is 4.37. The Morgan fingerprint density at radius 3 is 2.64 bits per heavy atom. The zero-order valence-electron chi connectivity index (χ0n) is 9.52. The van der Waals surface area contributed by atoms with Gasteiger partial charge in [-0.1, -0.05) is 6.92 Å². The molecular formula is C10H20N4. The first kappa shape index (κ1) is 11.2. The molecule has 1 aromatic rings. The first-order valence-corrected chi connectivity index (χ1v) is 5.16.